The summed E-state index contributed by atoms with van der Waals surface area (Å²) >= 11 is 0. The maximum absolute atomic E-state index is 15.6. The summed E-state index contributed by atoms with van der Waals surface area (Å²) in [5.41, 5.74) is 1.20. The Labute approximate surface area is 176 Å². The maximum atomic E-state index is 15.6. The average molecular weight is 406 g/mol. The van der Waals surface area contributed by atoms with E-state index in [4.69, 9.17) is 0 Å². The molecule has 0 amide bonds. The van der Waals surface area contributed by atoms with Gasteiger partial charge in [-0.05, 0) is 48.8 Å². The first-order valence-electron chi connectivity index (χ1n) is 10.8. The molecule has 0 atom stereocenters. The van der Waals surface area contributed by atoms with Crippen molar-refractivity contribution in [2.75, 3.05) is 18.4 Å². The lowest BCUT2D eigenvalue weighted by Gasteiger charge is -2.44. The van der Waals surface area contributed by atoms with E-state index in [-0.39, 0.29) is 0 Å². The Morgan fingerprint density at radius 3 is 2.60 bits per heavy atom. The molecule has 1 aliphatic heterocycles. The number of anilines is 1. The summed E-state index contributed by atoms with van der Waals surface area (Å²) in [5, 5.41) is 9.51. The van der Waals surface area contributed by atoms with Gasteiger partial charge in [0, 0.05) is 55.2 Å². The van der Waals surface area contributed by atoms with Crippen LogP contribution < -0.4 is 5.32 Å². The maximum Gasteiger partial charge on any atom is 0.152 e. The predicted molar refractivity (Wildman–Crippen MR) is 119 cm³/mol. The van der Waals surface area contributed by atoms with Gasteiger partial charge in [-0.3, -0.25) is 4.68 Å². The van der Waals surface area contributed by atoms with E-state index < -0.39 is 5.67 Å². The molecule has 0 bridgehead atoms. The second-order valence-corrected chi connectivity index (χ2v) is 8.72. The third-order valence-electron chi connectivity index (χ3n) is 6.76. The molecule has 30 heavy (non-hydrogen) atoms. The van der Waals surface area contributed by atoms with Gasteiger partial charge in [-0.2, -0.15) is 5.10 Å². The zero-order valence-electron chi connectivity index (χ0n) is 17.4. The second-order valence-electron chi connectivity index (χ2n) is 8.72. The molecule has 0 spiro atoms. The molecule has 1 saturated heterocycles. The molecule has 6 heteroatoms. The predicted octanol–water partition coefficient (Wildman–Crippen LogP) is 4.92. The van der Waals surface area contributed by atoms with Crippen molar-refractivity contribution in [3.8, 4) is 11.1 Å². The summed E-state index contributed by atoms with van der Waals surface area (Å²) in [4.78, 5) is 6.93. The Balaban J connectivity index is 1.31. The molecule has 0 radical (unpaired) electrons. The molecule has 1 aromatic carbocycles. The quantitative estimate of drug-likeness (QED) is 0.655. The SMILES string of the molecule is C=C(Nc1cc2cc(-c3cnn(C)c3)ccc2cn1)C1(F)CCN(C2CCC2)CC1. The number of pyridine rings is 1. The first kappa shape index (κ1) is 19.2. The highest BCUT2D eigenvalue weighted by atomic mass is 19.1. The zero-order chi connectivity index (χ0) is 20.7. The molecule has 0 unspecified atom stereocenters. The molecule has 3 heterocycles. The number of alkyl halides is 1. The third-order valence-corrected chi connectivity index (χ3v) is 6.76. The fourth-order valence-corrected chi connectivity index (χ4v) is 4.52. The highest BCUT2D eigenvalue weighted by Gasteiger charge is 2.40. The van der Waals surface area contributed by atoms with Crippen molar-refractivity contribution in [2.24, 2.45) is 7.05 Å². The summed E-state index contributed by atoms with van der Waals surface area (Å²) in [5.74, 6) is 0.634. The van der Waals surface area contributed by atoms with E-state index in [9.17, 15) is 0 Å². The van der Waals surface area contributed by atoms with Gasteiger partial charge in [0.25, 0.3) is 0 Å². The Bertz CT molecular complexity index is 1080. The van der Waals surface area contributed by atoms with Gasteiger partial charge in [0.2, 0.25) is 0 Å². The fraction of sp³-hybridized carbons (Fsp3) is 0.417. The molecule has 3 aromatic rings. The van der Waals surface area contributed by atoms with Crippen LogP contribution in [0.3, 0.4) is 0 Å². The molecule has 2 fully saturated rings. The molecule has 156 valence electrons. The Hall–Kier alpha value is -2.73. The summed E-state index contributed by atoms with van der Waals surface area (Å²) in [6.07, 6.45) is 10.5. The Morgan fingerprint density at radius 2 is 1.93 bits per heavy atom. The van der Waals surface area contributed by atoms with E-state index in [2.05, 4.69) is 45.1 Å². The smallest absolute Gasteiger partial charge is 0.152 e. The number of benzene rings is 1. The van der Waals surface area contributed by atoms with Crippen molar-refractivity contribution in [1.29, 1.82) is 0 Å². The molecule has 1 aliphatic carbocycles. The van der Waals surface area contributed by atoms with Gasteiger partial charge in [0.05, 0.1) is 6.20 Å². The van der Waals surface area contributed by atoms with Crippen LogP contribution in [0.2, 0.25) is 0 Å². The zero-order valence-corrected chi connectivity index (χ0v) is 17.4. The van der Waals surface area contributed by atoms with Gasteiger partial charge in [0.15, 0.2) is 5.67 Å². The van der Waals surface area contributed by atoms with E-state index in [1.807, 2.05) is 31.7 Å². The average Bonchev–Trinajstić information content (AvgIpc) is 3.14. The number of nitrogens with one attached hydrogen (secondary N) is 1. The van der Waals surface area contributed by atoms with Crippen LogP contribution >= 0.6 is 0 Å². The largest absolute Gasteiger partial charge is 0.341 e. The fourth-order valence-electron chi connectivity index (χ4n) is 4.52. The lowest BCUT2D eigenvalue weighted by atomic mass is 9.85. The van der Waals surface area contributed by atoms with Crippen LogP contribution in [0, 0.1) is 0 Å². The second kappa shape index (κ2) is 7.51. The lowest BCUT2D eigenvalue weighted by Crippen LogP contribution is -2.50. The number of fused-ring (bicyclic) bond motifs is 1. The van der Waals surface area contributed by atoms with E-state index in [1.54, 1.807) is 4.68 Å². The number of rotatable bonds is 5. The third kappa shape index (κ3) is 3.60. The van der Waals surface area contributed by atoms with Crippen LogP contribution in [-0.4, -0.2) is 44.5 Å². The summed E-state index contributed by atoms with van der Waals surface area (Å²) in [6.45, 7) is 5.66. The number of aromatic nitrogens is 3. The minimum absolute atomic E-state index is 0.422. The molecule has 5 rings (SSSR count). The highest BCUT2D eigenvalue weighted by Crippen LogP contribution is 2.37. The molecule has 2 aliphatic rings. The van der Waals surface area contributed by atoms with E-state index >= 15 is 4.39 Å². The first-order chi connectivity index (χ1) is 14.5. The number of nitrogens with zero attached hydrogens (tertiary/aromatic N) is 4. The number of allylic oxidation sites excluding steroid dienone is 1. The minimum Gasteiger partial charge on any atom is -0.341 e. The minimum atomic E-state index is -1.38. The number of aryl methyl sites for hydroxylation is 1. The van der Waals surface area contributed by atoms with Crippen molar-refractivity contribution in [2.45, 2.75) is 43.8 Å². The van der Waals surface area contributed by atoms with Crippen LogP contribution in [0.5, 0.6) is 0 Å². The van der Waals surface area contributed by atoms with Gasteiger partial charge in [0.1, 0.15) is 5.82 Å². The van der Waals surface area contributed by atoms with Crippen LogP contribution in [0.1, 0.15) is 32.1 Å². The molecule has 5 nitrogen and oxygen atoms in total. The normalized spacial score (nSPS) is 19.5. The summed E-state index contributed by atoms with van der Waals surface area (Å²) in [6, 6.07) is 8.87. The molecular formula is C24H28FN5. The van der Waals surface area contributed by atoms with Crippen LogP contribution in [0.25, 0.3) is 21.9 Å². The lowest BCUT2D eigenvalue weighted by molar-refractivity contribution is 0.0385. The standard InChI is InChI=1S/C24H28FN5/c1-17(24(25)8-10-30(11-9-24)22-4-3-5-22)28-23-13-20-12-18(6-7-19(20)14-26-23)21-15-27-29(2)16-21/h6-7,12-16,22H,1,3-5,8-11H2,2H3,(H,26,28). The number of piperidine rings is 1. The van der Waals surface area contributed by atoms with Crippen molar-refractivity contribution in [3.63, 3.8) is 0 Å². The van der Waals surface area contributed by atoms with Crippen LogP contribution in [0.4, 0.5) is 10.2 Å². The van der Waals surface area contributed by atoms with Crippen molar-refractivity contribution < 1.29 is 4.39 Å². The van der Waals surface area contributed by atoms with Gasteiger partial charge in [-0.15, -0.1) is 0 Å². The topological polar surface area (TPSA) is 46.0 Å². The van der Waals surface area contributed by atoms with Crippen molar-refractivity contribution in [1.82, 2.24) is 19.7 Å². The number of hydrogen-bond acceptors (Lipinski definition) is 4. The number of halogens is 1. The molecule has 1 saturated carbocycles. The van der Waals surface area contributed by atoms with Gasteiger partial charge in [-0.1, -0.05) is 25.1 Å². The molecule has 1 N–H and O–H groups in total. The van der Waals surface area contributed by atoms with Crippen molar-refractivity contribution >= 4 is 16.6 Å². The Morgan fingerprint density at radius 1 is 1.13 bits per heavy atom. The van der Waals surface area contributed by atoms with Gasteiger partial charge in [-0.25, -0.2) is 9.37 Å². The van der Waals surface area contributed by atoms with Crippen molar-refractivity contribution in [3.05, 3.63) is 55.1 Å². The van der Waals surface area contributed by atoms with E-state index in [0.29, 0.717) is 30.4 Å². The molecule has 2 aromatic heterocycles. The first-order valence-corrected chi connectivity index (χ1v) is 10.8. The Kier molecular flexibility index (Phi) is 4.82. The van der Waals surface area contributed by atoms with Crippen LogP contribution in [-0.2, 0) is 7.05 Å². The van der Waals surface area contributed by atoms with E-state index in [1.165, 1.54) is 19.3 Å². The number of hydrogen-bond donors (Lipinski definition) is 1. The summed E-state index contributed by atoms with van der Waals surface area (Å²) < 4.78 is 17.4. The van der Waals surface area contributed by atoms with Gasteiger partial charge >= 0.3 is 0 Å². The monoisotopic (exact) mass is 405 g/mol. The highest BCUT2D eigenvalue weighted by molar-refractivity contribution is 5.88. The van der Waals surface area contributed by atoms with Gasteiger partial charge < -0.3 is 10.2 Å². The molecular weight excluding hydrogens is 377 g/mol. The number of likely N-dealkylation sites (tertiary alicyclic amines) is 1. The van der Waals surface area contributed by atoms with E-state index in [0.717, 1.165) is 35.0 Å². The van der Waals surface area contributed by atoms with Crippen LogP contribution in [0.15, 0.2) is 55.1 Å². The summed E-state index contributed by atoms with van der Waals surface area (Å²) in [7, 11) is 1.91.